The fourth-order valence-corrected chi connectivity index (χ4v) is 3.29. The number of halogens is 1. The van der Waals surface area contributed by atoms with E-state index in [4.69, 9.17) is 5.73 Å². The molecule has 1 fully saturated rings. The Morgan fingerprint density at radius 1 is 1.39 bits per heavy atom. The molecule has 1 aliphatic carbocycles. The molecule has 0 radical (unpaired) electrons. The zero-order valence-electron chi connectivity index (χ0n) is 10.0. The zero-order valence-corrected chi connectivity index (χ0v) is 10.8. The molecule has 2 rings (SSSR count). The molecule has 0 aromatic heterocycles. The Labute approximate surface area is 106 Å². The number of rotatable bonds is 5. The van der Waals surface area contributed by atoms with Crippen LogP contribution in [0.15, 0.2) is 23.1 Å². The first-order chi connectivity index (χ1) is 8.50. The molecular formula is C12H17FN2O2S. The lowest BCUT2D eigenvalue weighted by atomic mass is 9.83. The van der Waals surface area contributed by atoms with Gasteiger partial charge in [-0.3, -0.25) is 0 Å². The van der Waals surface area contributed by atoms with Crippen LogP contribution >= 0.6 is 0 Å². The lowest BCUT2D eigenvalue weighted by Gasteiger charge is -2.25. The minimum atomic E-state index is -3.85. The third kappa shape index (κ3) is 2.81. The van der Waals surface area contributed by atoms with Crippen molar-refractivity contribution in [1.82, 2.24) is 4.72 Å². The van der Waals surface area contributed by atoms with Crippen LogP contribution < -0.4 is 10.5 Å². The zero-order chi connectivity index (χ0) is 13.2. The Balaban J connectivity index is 2.05. The third-order valence-corrected chi connectivity index (χ3v) is 4.89. The van der Waals surface area contributed by atoms with Gasteiger partial charge in [0.2, 0.25) is 10.0 Å². The summed E-state index contributed by atoms with van der Waals surface area (Å²) in [6.45, 7) is 0.334. The highest BCUT2D eigenvalue weighted by molar-refractivity contribution is 7.89. The van der Waals surface area contributed by atoms with Crippen molar-refractivity contribution in [2.24, 2.45) is 5.92 Å². The topological polar surface area (TPSA) is 72.2 Å². The van der Waals surface area contributed by atoms with Crippen molar-refractivity contribution in [2.45, 2.75) is 30.6 Å². The van der Waals surface area contributed by atoms with Crippen molar-refractivity contribution in [3.05, 3.63) is 24.0 Å². The van der Waals surface area contributed by atoms with Crippen LogP contribution in [-0.2, 0) is 10.0 Å². The lowest BCUT2D eigenvalue weighted by molar-refractivity contribution is 0.297. The van der Waals surface area contributed by atoms with Gasteiger partial charge in [-0.2, -0.15) is 0 Å². The average Bonchev–Trinajstić information content (AvgIpc) is 2.21. The van der Waals surface area contributed by atoms with Crippen LogP contribution in [0.3, 0.4) is 0 Å². The summed E-state index contributed by atoms with van der Waals surface area (Å²) in [4.78, 5) is -0.446. The van der Waals surface area contributed by atoms with Crippen molar-refractivity contribution in [3.63, 3.8) is 0 Å². The maximum atomic E-state index is 13.5. The second kappa shape index (κ2) is 5.24. The standard InChI is InChI=1S/C12H17FN2O2S/c13-10-5-2-6-11(14)12(10)18(16,17)15-8-7-9-3-1-4-9/h2,5-6,9,15H,1,3-4,7-8,14H2. The summed E-state index contributed by atoms with van der Waals surface area (Å²) in [6.07, 6.45) is 4.33. The highest BCUT2D eigenvalue weighted by atomic mass is 32.2. The van der Waals surface area contributed by atoms with Crippen LogP contribution in [-0.4, -0.2) is 15.0 Å². The van der Waals surface area contributed by atoms with Gasteiger partial charge in [0, 0.05) is 6.54 Å². The van der Waals surface area contributed by atoms with Gasteiger partial charge >= 0.3 is 0 Å². The van der Waals surface area contributed by atoms with Crippen molar-refractivity contribution in [1.29, 1.82) is 0 Å². The molecule has 0 spiro atoms. The Bertz CT molecular complexity index is 507. The Morgan fingerprint density at radius 2 is 2.11 bits per heavy atom. The molecule has 6 heteroatoms. The number of nitrogen functional groups attached to an aromatic ring is 1. The summed E-state index contributed by atoms with van der Waals surface area (Å²) in [5.74, 6) is -0.211. The Hall–Kier alpha value is -1.14. The number of sulfonamides is 1. The van der Waals surface area contributed by atoms with Crippen LogP contribution in [0.4, 0.5) is 10.1 Å². The lowest BCUT2D eigenvalue weighted by Crippen LogP contribution is -2.28. The summed E-state index contributed by atoms with van der Waals surface area (Å²) in [7, 11) is -3.85. The van der Waals surface area contributed by atoms with Gasteiger partial charge in [0.25, 0.3) is 0 Å². The molecule has 0 amide bonds. The predicted molar refractivity (Wildman–Crippen MR) is 68.0 cm³/mol. The third-order valence-electron chi connectivity index (χ3n) is 3.34. The summed E-state index contributed by atoms with van der Waals surface area (Å²) in [5.41, 5.74) is 5.45. The Morgan fingerprint density at radius 3 is 2.67 bits per heavy atom. The molecule has 0 heterocycles. The van der Waals surface area contributed by atoms with Crippen molar-refractivity contribution >= 4 is 15.7 Å². The number of hydrogen-bond donors (Lipinski definition) is 2. The van der Waals surface area contributed by atoms with E-state index in [-0.39, 0.29) is 5.69 Å². The molecule has 0 bridgehead atoms. The van der Waals surface area contributed by atoms with Crippen LogP contribution in [0.1, 0.15) is 25.7 Å². The second-order valence-electron chi connectivity index (χ2n) is 4.64. The van der Waals surface area contributed by atoms with Crippen LogP contribution in [0.5, 0.6) is 0 Å². The molecule has 1 aromatic rings. The number of benzene rings is 1. The molecule has 0 atom stereocenters. The normalized spacial score (nSPS) is 16.5. The van der Waals surface area contributed by atoms with Crippen molar-refractivity contribution < 1.29 is 12.8 Å². The quantitative estimate of drug-likeness (QED) is 0.804. The van der Waals surface area contributed by atoms with Gasteiger partial charge < -0.3 is 5.73 Å². The highest BCUT2D eigenvalue weighted by Gasteiger charge is 2.23. The fourth-order valence-electron chi connectivity index (χ4n) is 2.06. The second-order valence-corrected chi connectivity index (χ2v) is 6.35. The minimum Gasteiger partial charge on any atom is -0.398 e. The molecule has 1 aromatic carbocycles. The van der Waals surface area contributed by atoms with E-state index < -0.39 is 20.7 Å². The van der Waals surface area contributed by atoms with E-state index in [1.165, 1.54) is 18.6 Å². The molecule has 4 nitrogen and oxygen atoms in total. The summed E-state index contributed by atoms with van der Waals surface area (Å²) < 4.78 is 39.8. The number of nitrogens with one attached hydrogen (secondary N) is 1. The van der Waals surface area contributed by atoms with Gasteiger partial charge in [-0.05, 0) is 24.5 Å². The van der Waals surface area contributed by atoms with E-state index in [1.807, 2.05) is 0 Å². The molecule has 1 saturated carbocycles. The molecule has 0 saturated heterocycles. The molecule has 100 valence electrons. The Kier molecular flexibility index (Phi) is 3.87. The predicted octanol–water partition coefficient (Wildman–Crippen LogP) is 1.88. The number of nitrogens with two attached hydrogens (primary N) is 1. The smallest absolute Gasteiger partial charge is 0.245 e. The van der Waals surface area contributed by atoms with Gasteiger partial charge in [0.1, 0.15) is 10.7 Å². The SMILES string of the molecule is Nc1cccc(F)c1S(=O)(=O)NCCC1CCC1. The molecule has 0 aliphatic heterocycles. The molecule has 1 aliphatic rings. The van der Waals surface area contributed by atoms with E-state index >= 15 is 0 Å². The fraction of sp³-hybridized carbons (Fsp3) is 0.500. The molecule has 18 heavy (non-hydrogen) atoms. The minimum absolute atomic E-state index is 0.0638. The van der Waals surface area contributed by atoms with Crippen LogP contribution in [0, 0.1) is 11.7 Å². The van der Waals surface area contributed by atoms with E-state index in [1.54, 1.807) is 0 Å². The van der Waals surface area contributed by atoms with Gasteiger partial charge in [-0.25, -0.2) is 17.5 Å². The van der Waals surface area contributed by atoms with Gasteiger partial charge in [-0.1, -0.05) is 25.3 Å². The van der Waals surface area contributed by atoms with Crippen LogP contribution in [0.2, 0.25) is 0 Å². The van der Waals surface area contributed by atoms with Crippen LogP contribution in [0.25, 0.3) is 0 Å². The molecular weight excluding hydrogens is 255 g/mol. The highest BCUT2D eigenvalue weighted by Crippen LogP contribution is 2.29. The summed E-state index contributed by atoms with van der Waals surface area (Å²) >= 11 is 0. The number of hydrogen-bond acceptors (Lipinski definition) is 3. The van der Waals surface area contributed by atoms with E-state index in [9.17, 15) is 12.8 Å². The first-order valence-electron chi connectivity index (χ1n) is 6.04. The van der Waals surface area contributed by atoms with Gasteiger partial charge in [0.15, 0.2) is 0 Å². The van der Waals surface area contributed by atoms with E-state index in [0.29, 0.717) is 12.5 Å². The van der Waals surface area contributed by atoms with E-state index in [0.717, 1.165) is 25.3 Å². The maximum Gasteiger partial charge on any atom is 0.245 e. The van der Waals surface area contributed by atoms with Gasteiger partial charge in [0.05, 0.1) is 5.69 Å². The van der Waals surface area contributed by atoms with Gasteiger partial charge in [-0.15, -0.1) is 0 Å². The summed E-state index contributed by atoms with van der Waals surface area (Å²) in [6, 6.07) is 3.86. The maximum absolute atomic E-state index is 13.5. The molecule has 3 N–H and O–H groups in total. The van der Waals surface area contributed by atoms with E-state index in [2.05, 4.69) is 4.72 Å². The monoisotopic (exact) mass is 272 g/mol. The first kappa shape index (κ1) is 13.3. The molecule has 0 unspecified atom stereocenters. The first-order valence-corrected chi connectivity index (χ1v) is 7.52. The average molecular weight is 272 g/mol. The largest absolute Gasteiger partial charge is 0.398 e. The number of anilines is 1. The van der Waals surface area contributed by atoms with Crippen molar-refractivity contribution in [3.8, 4) is 0 Å². The van der Waals surface area contributed by atoms with Crippen molar-refractivity contribution in [2.75, 3.05) is 12.3 Å². The summed E-state index contributed by atoms with van der Waals surface area (Å²) in [5, 5.41) is 0.